The van der Waals surface area contributed by atoms with Crippen molar-refractivity contribution in [2.45, 2.75) is 13.0 Å². The number of phenolic OH excluding ortho intramolecular Hbond substituents is 1. The van der Waals surface area contributed by atoms with Gasteiger partial charge in [0.05, 0.1) is 0 Å². The molecule has 0 saturated carbocycles. The van der Waals surface area contributed by atoms with Gasteiger partial charge >= 0.3 is 0 Å². The molecule has 3 N–H and O–H groups in total. The molecule has 0 aromatic heterocycles. The molecule has 0 amide bonds. The Kier molecular flexibility index (Phi) is 4.82. The number of ether oxygens (including phenoxy) is 1. The number of nitrogens with two attached hydrogens (primary N) is 1. The summed E-state index contributed by atoms with van der Waals surface area (Å²) in [6, 6.07) is 12.9. The fourth-order valence-electron chi connectivity index (χ4n) is 1.79. The normalized spacial score (nSPS) is 10.4. The molecule has 0 aliphatic heterocycles. The van der Waals surface area contributed by atoms with Crippen molar-refractivity contribution in [3.05, 3.63) is 58.1 Å². The predicted molar refractivity (Wildman–Crippen MR) is 79.3 cm³/mol. The fourth-order valence-corrected chi connectivity index (χ4v) is 2.20. The topological polar surface area (TPSA) is 55.5 Å². The molecule has 0 aliphatic rings. The molecule has 0 unspecified atom stereocenters. The second-order valence-electron chi connectivity index (χ2n) is 4.25. The van der Waals surface area contributed by atoms with Gasteiger partial charge in [-0.05, 0) is 54.4 Å². The van der Waals surface area contributed by atoms with Crippen molar-refractivity contribution in [3.8, 4) is 11.5 Å². The largest absolute Gasteiger partial charge is 0.508 e. The zero-order chi connectivity index (χ0) is 13.7. The number of hydrogen-bond acceptors (Lipinski definition) is 3. The van der Waals surface area contributed by atoms with Gasteiger partial charge in [0.2, 0.25) is 0 Å². The van der Waals surface area contributed by atoms with E-state index in [9.17, 15) is 5.11 Å². The smallest absolute Gasteiger partial charge is 0.123 e. The van der Waals surface area contributed by atoms with Crippen molar-refractivity contribution in [1.82, 2.24) is 0 Å². The average molecular weight is 322 g/mol. The van der Waals surface area contributed by atoms with Crippen molar-refractivity contribution in [2.24, 2.45) is 5.73 Å². The van der Waals surface area contributed by atoms with Crippen LogP contribution in [-0.2, 0) is 13.0 Å². The average Bonchev–Trinajstić information content (AvgIpc) is 2.40. The number of halogens is 1. The second-order valence-corrected chi connectivity index (χ2v) is 5.16. The van der Waals surface area contributed by atoms with Crippen LogP contribution in [0.5, 0.6) is 11.5 Å². The first-order valence-electron chi connectivity index (χ1n) is 6.08. The monoisotopic (exact) mass is 321 g/mol. The van der Waals surface area contributed by atoms with E-state index in [-0.39, 0.29) is 5.75 Å². The van der Waals surface area contributed by atoms with Gasteiger partial charge in [0, 0.05) is 4.47 Å². The van der Waals surface area contributed by atoms with Crippen LogP contribution in [-0.4, -0.2) is 11.7 Å². The molecule has 4 heteroatoms. The molecule has 0 bridgehead atoms. The van der Waals surface area contributed by atoms with Crippen LogP contribution in [0.1, 0.15) is 11.1 Å². The van der Waals surface area contributed by atoms with Gasteiger partial charge in [-0.15, -0.1) is 0 Å². The minimum absolute atomic E-state index is 0.260. The Morgan fingerprint density at radius 1 is 1.11 bits per heavy atom. The zero-order valence-corrected chi connectivity index (χ0v) is 12.1. The standard InChI is InChI=1S/C15H16BrNO2/c16-13-3-6-15(12(9-13)7-8-17)19-10-11-1-4-14(18)5-2-11/h1-6,9,18H,7-8,10,17H2. The van der Waals surface area contributed by atoms with Gasteiger partial charge in [-0.25, -0.2) is 0 Å². The van der Waals surface area contributed by atoms with Crippen molar-refractivity contribution in [1.29, 1.82) is 0 Å². The molecule has 100 valence electrons. The van der Waals surface area contributed by atoms with E-state index in [0.717, 1.165) is 27.8 Å². The minimum atomic E-state index is 0.260. The van der Waals surface area contributed by atoms with Gasteiger partial charge in [0.1, 0.15) is 18.1 Å². The molecule has 0 radical (unpaired) electrons. The third-order valence-electron chi connectivity index (χ3n) is 2.77. The third-order valence-corrected chi connectivity index (χ3v) is 3.26. The maximum Gasteiger partial charge on any atom is 0.123 e. The maximum absolute atomic E-state index is 9.23. The molecule has 2 aromatic rings. The van der Waals surface area contributed by atoms with Gasteiger partial charge in [-0.2, -0.15) is 0 Å². The van der Waals surface area contributed by atoms with Crippen LogP contribution in [0.25, 0.3) is 0 Å². The molecule has 0 aliphatic carbocycles. The summed E-state index contributed by atoms with van der Waals surface area (Å²) >= 11 is 3.45. The van der Waals surface area contributed by atoms with Crippen molar-refractivity contribution in [3.63, 3.8) is 0 Å². The molecule has 0 saturated heterocycles. The molecule has 0 heterocycles. The van der Waals surface area contributed by atoms with Crippen LogP contribution in [0.3, 0.4) is 0 Å². The van der Waals surface area contributed by atoms with Crippen LogP contribution in [0.15, 0.2) is 46.9 Å². The van der Waals surface area contributed by atoms with E-state index in [1.165, 1.54) is 0 Å². The van der Waals surface area contributed by atoms with E-state index in [4.69, 9.17) is 10.5 Å². The molecule has 2 aromatic carbocycles. The van der Waals surface area contributed by atoms with Crippen LogP contribution in [0.2, 0.25) is 0 Å². The number of aromatic hydroxyl groups is 1. The predicted octanol–water partition coefficient (Wildman–Crippen LogP) is 3.23. The molecule has 0 atom stereocenters. The van der Waals surface area contributed by atoms with Gasteiger partial charge in [-0.1, -0.05) is 28.1 Å². The lowest BCUT2D eigenvalue weighted by Crippen LogP contribution is -2.05. The number of hydrogen-bond donors (Lipinski definition) is 2. The Hall–Kier alpha value is -1.52. The molecule has 3 nitrogen and oxygen atoms in total. The first-order chi connectivity index (χ1) is 9.19. The Labute approximate surface area is 121 Å². The summed E-state index contributed by atoms with van der Waals surface area (Å²) in [4.78, 5) is 0. The molecular formula is C15H16BrNO2. The van der Waals surface area contributed by atoms with Crippen molar-refractivity contribution in [2.75, 3.05) is 6.54 Å². The van der Waals surface area contributed by atoms with Gasteiger partial charge < -0.3 is 15.6 Å². The zero-order valence-electron chi connectivity index (χ0n) is 10.5. The number of rotatable bonds is 5. The lowest BCUT2D eigenvalue weighted by Gasteiger charge is -2.11. The van der Waals surface area contributed by atoms with E-state index in [0.29, 0.717) is 13.2 Å². The van der Waals surface area contributed by atoms with Crippen LogP contribution < -0.4 is 10.5 Å². The van der Waals surface area contributed by atoms with Gasteiger partial charge in [0.25, 0.3) is 0 Å². The molecular weight excluding hydrogens is 306 g/mol. The first-order valence-corrected chi connectivity index (χ1v) is 6.87. The summed E-state index contributed by atoms with van der Waals surface area (Å²) in [7, 11) is 0. The van der Waals surface area contributed by atoms with Crippen LogP contribution in [0, 0.1) is 0 Å². The summed E-state index contributed by atoms with van der Waals surface area (Å²) < 4.78 is 6.83. The molecule has 2 rings (SSSR count). The summed E-state index contributed by atoms with van der Waals surface area (Å²) in [6.07, 6.45) is 0.782. The molecule has 19 heavy (non-hydrogen) atoms. The summed E-state index contributed by atoms with van der Waals surface area (Å²) in [5.74, 6) is 1.11. The quantitative estimate of drug-likeness (QED) is 0.888. The van der Waals surface area contributed by atoms with Gasteiger partial charge in [-0.3, -0.25) is 0 Å². The van der Waals surface area contributed by atoms with E-state index < -0.39 is 0 Å². The lowest BCUT2D eigenvalue weighted by atomic mass is 10.1. The highest BCUT2D eigenvalue weighted by atomic mass is 79.9. The number of phenols is 1. The minimum Gasteiger partial charge on any atom is -0.508 e. The molecule has 0 fully saturated rings. The highest BCUT2D eigenvalue weighted by Gasteiger charge is 2.04. The van der Waals surface area contributed by atoms with Crippen molar-refractivity contribution >= 4 is 15.9 Å². The van der Waals surface area contributed by atoms with E-state index in [1.54, 1.807) is 12.1 Å². The fraction of sp³-hybridized carbons (Fsp3) is 0.200. The third kappa shape index (κ3) is 3.98. The van der Waals surface area contributed by atoms with Gasteiger partial charge in [0.15, 0.2) is 0 Å². The van der Waals surface area contributed by atoms with E-state index in [2.05, 4.69) is 15.9 Å². The Morgan fingerprint density at radius 3 is 2.53 bits per heavy atom. The Balaban J connectivity index is 2.08. The molecule has 0 spiro atoms. The van der Waals surface area contributed by atoms with Crippen LogP contribution >= 0.6 is 15.9 Å². The summed E-state index contributed by atoms with van der Waals surface area (Å²) in [6.45, 7) is 1.06. The number of benzene rings is 2. The van der Waals surface area contributed by atoms with E-state index >= 15 is 0 Å². The van der Waals surface area contributed by atoms with Crippen LogP contribution in [0.4, 0.5) is 0 Å². The highest BCUT2D eigenvalue weighted by molar-refractivity contribution is 9.10. The summed E-state index contributed by atoms with van der Waals surface area (Å²) in [5.41, 5.74) is 7.71. The van der Waals surface area contributed by atoms with Crippen molar-refractivity contribution < 1.29 is 9.84 Å². The SMILES string of the molecule is NCCc1cc(Br)ccc1OCc1ccc(O)cc1. The first kappa shape index (κ1) is 13.9. The highest BCUT2D eigenvalue weighted by Crippen LogP contribution is 2.24. The lowest BCUT2D eigenvalue weighted by molar-refractivity contribution is 0.303. The second kappa shape index (κ2) is 6.59. The maximum atomic E-state index is 9.23. The summed E-state index contributed by atoms with van der Waals surface area (Å²) in [5, 5.41) is 9.23. The Morgan fingerprint density at radius 2 is 1.84 bits per heavy atom. The Bertz CT molecular complexity index is 540. The van der Waals surface area contributed by atoms with E-state index in [1.807, 2.05) is 30.3 Å².